The SMILES string of the molecule is CCNC(C)(CO)CCCSc1nncn1C. The van der Waals surface area contributed by atoms with Crippen LogP contribution in [-0.4, -0.2) is 44.3 Å². The average molecular weight is 258 g/mol. The van der Waals surface area contributed by atoms with Gasteiger partial charge in [-0.15, -0.1) is 10.2 Å². The van der Waals surface area contributed by atoms with Crippen molar-refractivity contribution in [3.05, 3.63) is 6.33 Å². The molecule has 98 valence electrons. The number of nitrogens with zero attached hydrogens (tertiary/aromatic N) is 3. The van der Waals surface area contributed by atoms with Crippen LogP contribution in [0.5, 0.6) is 0 Å². The van der Waals surface area contributed by atoms with Crippen LogP contribution in [0.3, 0.4) is 0 Å². The van der Waals surface area contributed by atoms with Crippen LogP contribution in [0.2, 0.25) is 0 Å². The molecular weight excluding hydrogens is 236 g/mol. The van der Waals surface area contributed by atoms with E-state index in [0.29, 0.717) is 0 Å². The second kappa shape index (κ2) is 6.98. The van der Waals surface area contributed by atoms with Crippen molar-refractivity contribution >= 4 is 11.8 Å². The van der Waals surface area contributed by atoms with Crippen LogP contribution in [0.15, 0.2) is 11.5 Å². The fourth-order valence-electron chi connectivity index (χ4n) is 1.68. The summed E-state index contributed by atoms with van der Waals surface area (Å²) in [6, 6.07) is 0. The third-order valence-electron chi connectivity index (χ3n) is 2.73. The quantitative estimate of drug-likeness (QED) is 0.539. The predicted octanol–water partition coefficient (Wildman–Crippen LogP) is 1.05. The maximum Gasteiger partial charge on any atom is 0.190 e. The number of aliphatic hydroxyl groups excluding tert-OH is 1. The first-order chi connectivity index (χ1) is 8.11. The van der Waals surface area contributed by atoms with Gasteiger partial charge in [0.15, 0.2) is 5.16 Å². The van der Waals surface area contributed by atoms with Gasteiger partial charge in [-0.05, 0) is 26.3 Å². The Morgan fingerprint density at radius 2 is 2.35 bits per heavy atom. The van der Waals surface area contributed by atoms with E-state index in [9.17, 15) is 5.11 Å². The molecule has 1 unspecified atom stereocenters. The summed E-state index contributed by atoms with van der Waals surface area (Å²) in [5.74, 6) is 0.994. The van der Waals surface area contributed by atoms with Crippen LogP contribution in [0, 0.1) is 0 Å². The van der Waals surface area contributed by atoms with Crippen LogP contribution in [0.1, 0.15) is 26.7 Å². The molecule has 0 fully saturated rings. The van der Waals surface area contributed by atoms with Crippen molar-refractivity contribution in [2.24, 2.45) is 7.05 Å². The van der Waals surface area contributed by atoms with Gasteiger partial charge in [0.1, 0.15) is 6.33 Å². The van der Waals surface area contributed by atoms with Crippen LogP contribution in [-0.2, 0) is 7.05 Å². The van der Waals surface area contributed by atoms with Gasteiger partial charge in [0.2, 0.25) is 0 Å². The van der Waals surface area contributed by atoms with E-state index in [1.165, 1.54) is 0 Å². The smallest absolute Gasteiger partial charge is 0.190 e. The first-order valence-corrected chi connectivity index (χ1v) is 6.92. The molecule has 0 aliphatic heterocycles. The van der Waals surface area contributed by atoms with Gasteiger partial charge in [-0.25, -0.2) is 0 Å². The zero-order valence-corrected chi connectivity index (χ0v) is 11.6. The summed E-state index contributed by atoms with van der Waals surface area (Å²) in [5.41, 5.74) is -0.158. The number of aliphatic hydroxyl groups is 1. The average Bonchev–Trinajstić information content (AvgIpc) is 2.71. The van der Waals surface area contributed by atoms with Crippen molar-refractivity contribution in [1.82, 2.24) is 20.1 Å². The first kappa shape index (κ1) is 14.5. The van der Waals surface area contributed by atoms with E-state index in [2.05, 4.69) is 29.4 Å². The lowest BCUT2D eigenvalue weighted by molar-refractivity contribution is 0.167. The zero-order valence-electron chi connectivity index (χ0n) is 10.8. The van der Waals surface area contributed by atoms with Gasteiger partial charge in [0, 0.05) is 18.3 Å². The van der Waals surface area contributed by atoms with E-state index in [0.717, 1.165) is 30.3 Å². The monoisotopic (exact) mass is 258 g/mol. The molecule has 5 nitrogen and oxygen atoms in total. The minimum atomic E-state index is -0.158. The summed E-state index contributed by atoms with van der Waals surface area (Å²) in [7, 11) is 1.94. The van der Waals surface area contributed by atoms with E-state index in [4.69, 9.17) is 0 Å². The van der Waals surface area contributed by atoms with Crippen molar-refractivity contribution in [3.8, 4) is 0 Å². The van der Waals surface area contributed by atoms with E-state index in [1.807, 2.05) is 11.6 Å². The Morgan fingerprint density at radius 1 is 1.59 bits per heavy atom. The van der Waals surface area contributed by atoms with E-state index in [-0.39, 0.29) is 12.1 Å². The lowest BCUT2D eigenvalue weighted by atomic mass is 9.97. The first-order valence-electron chi connectivity index (χ1n) is 5.94. The third-order valence-corrected chi connectivity index (χ3v) is 3.85. The molecular formula is C11H22N4OS. The molecule has 0 saturated heterocycles. The second-order valence-corrected chi connectivity index (χ2v) is 5.49. The van der Waals surface area contributed by atoms with E-state index < -0.39 is 0 Å². The van der Waals surface area contributed by atoms with Crippen molar-refractivity contribution in [2.75, 3.05) is 18.9 Å². The number of hydrogen-bond donors (Lipinski definition) is 2. The summed E-state index contributed by atoms with van der Waals surface area (Å²) in [6.07, 6.45) is 3.71. The Labute approximate surface area is 107 Å². The van der Waals surface area contributed by atoms with Gasteiger partial charge in [0.05, 0.1) is 6.61 Å². The number of nitrogens with one attached hydrogen (secondary N) is 1. The van der Waals surface area contributed by atoms with Crippen molar-refractivity contribution in [1.29, 1.82) is 0 Å². The fraction of sp³-hybridized carbons (Fsp3) is 0.818. The highest BCUT2D eigenvalue weighted by Crippen LogP contribution is 2.18. The number of hydrogen-bond acceptors (Lipinski definition) is 5. The molecule has 6 heteroatoms. The summed E-state index contributed by atoms with van der Waals surface area (Å²) in [6.45, 7) is 5.18. The zero-order chi connectivity index (χ0) is 12.7. The summed E-state index contributed by atoms with van der Waals surface area (Å²) in [5, 5.41) is 21.5. The van der Waals surface area contributed by atoms with Gasteiger partial charge in [-0.3, -0.25) is 0 Å². The van der Waals surface area contributed by atoms with Gasteiger partial charge in [-0.1, -0.05) is 18.7 Å². The highest BCUT2D eigenvalue weighted by atomic mass is 32.2. The molecule has 1 atom stereocenters. The standard InChI is InChI=1S/C11H22N4OS/c1-4-12-11(2,8-16)6-5-7-17-10-14-13-9-15(10)3/h9,12,16H,4-8H2,1-3H3. The van der Waals surface area contributed by atoms with E-state index in [1.54, 1.807) is 18.1 Å². The molecule has 17 heavy (non-hydrogen) atoms. The molecule has 0 aliphatic carbocycles. The number of thioether (sulfide) groups is 1. The van der Waals surface area contributed by atoms with Crippen molar-refractivity contribution < 1.29 is 5.11 Å². The number of aromatic nitrogens is 3. The van der Waals surface area contributed by atoms with Gasteiger partial charge in [0.25, 0.3) is 0 Å². The van der Waals surface area contributed by atoms with Crippen LogP contribution >= 0.6 is 11.8 Å². The summed E-state index contributed by atoms with van der Waals surface area (Å²) >= 11 is 1.70. The third kappa shape index (κ3) is 4.65. The molecule has 0 aliphatic rings. The highest BCUT2D eigenvalue weighted by molar-refractivity contribution is 7.99. The maximum atomic E-state index is 9.35. The molecule has 0 radical (unpaired) electrons. The second-order valence-electron chi connectivity index (χ2n) is 4.43. The van der Waals surface area contributed by atoms with Gasteiger partial charge < -0.3 is 15.0 Å². The molecule has 1 heterocycles. The number of aryl methyl sites for hydroxylation is 1. The molecule has 0 amide bonds. The molecule has 0 bridgehead atoms. The largest absolute Gasteiger partial charge is 0.394 e. The topological polar surface area (TPSA) is 63.0 Å². The van der Waals surface area contributed by atoms with Crippen molar-refractivity contribution in [3.63, 3.8) is 0 Å². The van der Waals surface area contributed by atoms with E-state index >= 15 is 0 Å². The molecule has 1 rings (SSSR count). The Kier molecular flexibility index (Phi) is 5.94. The van der Waals surface area contributed by atoms with Crippen LogP contribution in [0.25, 0.3) is 0 Å². The fourth-order valence-corrected chi connectivity index (χ4v) is 2.51. The summed E-state index contributed by atoms with van der Waals surface area (Å²) in [4.78, 5) is 0. The lowest BCUT2D eigenvalue weighted by Gasteiger charge is -2.28. The molecule has 2 N–H and O–H groups in total. The molecule has 1 aromatic heterocycles. The Balaban J connectivity index is 2.25. The lowest BCUT2D eigenvalue weighted by Crippen LogP contribution is -2.45. The predicted molar refractivity (Wildman–Crippen MR) is 70.1 cm³/mol. The van der Waals surface area contributed by atoms with Gasteiger partial charge in [-0.2, -0.15) is 0 Å². The van der Waals surface area contributed by atoms with Gasteiger partial charge >= 0.3 is 0 Å². The maximum absolute atomic E-state index is 9.35. The number of likely N-dealkylation sites (N-methyl/N-ethyl adjacent to an activating group) is 1. The Bertz CT molecular complexity index is 331. The normalized spacial score (nSPS) is 14.8. The molecule has 1 aromatic rings. The van der Waals surface area contributed by atoms with Crippen LogP contribution in [0.4, 0.5) is 0 Å². The highest BCUT2D eigenvalue weighted by Gasteiger charge is 2.20. The van der Waals surface area contributed by atoms with Crippen molar-refractivity contribution in [2.45, 2.75) is 37.4 Å². The minimum Gasteiger partial charge on any atom is -0.394 e. The molecule has 0 saturated carbocycles. The van der Waals surface area contributed by atoms with Crippen LogP contribution < -0.4 is 5.32 Å². The minimum absolute atomic E-state index is 0.158. The molecule has 0 spiro atoms. The summed E-state index contributed by atoms with van der Waals surface area (Å²) < 4.78 is 1.92. The Hall–Kier alpha value is -0.590. The molecule has 0 aromatic carbocycles. The Morgan fingerprint density at radius 3 is 2.88 bits per heavy atom. The number of rotatable bonds is 8.